The minimum atomic E-state index is -1.35. The van der Waals surface area contributed by atoms with Crippen molar-refractivity contribution in [2.45, 2.75) is 45.7 Å². The summed E-state index contributed by atoms with van der Waals surface area (Å²) < 4.78 is 12.4. The van der Waals surface area contributed by atoms with E-state index in [1.54, 1.807) is 24.1 Å². The molecule has 1 aliphatic rings. The number of urea groups is 1. The van der Waals surface area contributed by atoms with E-state index in [4.69, 9.17) is 24.5 Å². The molecular formula is C36H37N5O5. The van der Waals surface area contributed by atoms with Crippen LogP contribution in [0.3, 0.4) is 0 Å². The highest BCUT2D eigenvalue weighted by Crippen LogP contribution is 2.31. The first-order chi connectivity index (χ1) is 22.4. The normalized spacial score (nSPS) is 13.3. The number of methoxy groups -OCH3 is 1. The van der Waals surface area contributed by atoms with Crippen LogP contribution in [0.25, 0.3) is 22.3 Å². The molecule has 3 aromatic carbocycles. The van der Waals surface area contributed by atoms with Gasteiger partial charge in [0.2, 0.25) is 0 Å². The Morgan fingerprint density at radius 3 is 2.37 bits per heavy atom. The third kappa shape index (κ3) is 6.66. The van der Waals surface area contributed by atoms with E-state index in [9.17, 15) is 9.59 Å². The molecule has 1 N–H and O–H groups in total. The van der Waals surface area contributed by atoms with Crippen LogP contribution in [0.2, 0.25) is 0 Å². The van der Waals surface area contributed by atoms with Gasteiger partial charge in [0.05, 0.1) is 13.7 Å². The first-order valence-electron chi connectivity index (χ1n) is 15.6. The van der Waals surface area contributed by atoms with Crippen LogP contribution in [0.1, 0.15) is 43.1 Å². The van der Waals surface area contributed by atoms with Crippen molar-refractivity contribution in [1.82, 2.24) is 19.4 Å². The van der Waals surface area contributed by atoms with Crippen molar-refractivity contribution in [3.05, 3.63) is 102 Å². The average molecular weight is 620 g/mol. The molecule has 2 amide bonds. The van der Waals surface area contributed by atoms with E-state index in [-0.39, 0.29) is 11.8 Å². The molecule has 0 bridgehead atoms. The number of unbranched alkanes of at least 4 members (excludes halogenated alkanes) is 1. The highest BCUT2D eigenvalue weighted by molar-refractivity contribution is 5.92. The Kier molecular flexibility index (Phi) is 9.14. The van der Waals surface area contributed by atoms with Gasteiger partial charge in [0, 0.05) is 31.6 Å². The van der Waals surface area contributed by atoms with Crippen LogP contribution in [0.5, 0.6) is 11.5 Å². The lowest BCUT2D eigenvalue weighted by Gasteiger charge is -2.35. The number of fused-ring (bicyclic) bond motifs is 1. The summed E-state index contributed by atoms with van der Waals surface area (Å²) in [4.78, 5) is 38.5. The molecule has 0 atom stereocenters. The number of pyridine rings is 1. The summed E-state index contributed by atoms with van der Waals surface area (Å²) in [5.74, 6) is 2.65. The molecule has 0 aliphatic carbocycles. The van der Waals surface area contributed by atoms with Gasteiger partial charge >= 0.3 is 12.2 Å². The van der Waals surface area contributed by atoms with E-state index in [0.29, 0.717) is 37.6 Å². The Labute approximate surface area is 267 Å². The third-order valence-electron chi connectivity index (χ3n) is 8.22. The van der Waals surface area contributed by atoms with Gasteiger partial charge in [-0.2, -0.15) is 0 Å². The molecule has 3 heterocycles. The molecule has 1 saturated heterocycles. The number of hydrogen-bond donors (Lipinski definition) is 1. The van der Waals surface area contributed by atoms with E-state index < -0.39 is 6.16 Å². The van der Waals surface area contributed by atoms with Gasteiger partial charge in [-0.1, -0.05) is 67.9 Å². The molecule has 5 aromatic rings. The highest BCUT2D eigenvalue weighted by atomic mass is 16.7. The molecule has 1 aliphatic heterocycles. The zero-order chi connectivity index (χ0) is 32.0. The molecule has 0 saturated carbocycles. The zero-order valence-corrected chi connectivity index (χ0v) is 26.1. The summed E-state index contributed by atoms with van der Waals surface area (Å²) in [6, 6.07) is 26.6. The Bertz CT molecular complexity index is 1830. The number of benzene rings is 3. The molecule has 10 nitrogen and oxygen atoms in total. The van der Waals surface area contributed by atoms with Crippen molar-refractivity contribution in [3.8, 4) is 22.6 Å². The molecule has 1 fully saturated rings. The third-order valence-corrected chi connectivity index (χ3v) is 8.22. The van der Waals surface area contributed by atoms with Crippen molar-refractivity contribution in [2.75, 3.05) is 25.1 Å². The summed E-state index contributed by atoms with van der Waals surface area (Å²) in [6.07, 6.45) is 2.36. The van der Waals surface area contributed by atoms with E-state index in [1.165, 1.54) is 0 Å². The molecule has 0 unspecified atom stereocenters. The van der Waals surface area contributed by atoms with Crippen LogP contribution in [0.4, 0.5) is 15.4 Å². The van der Waals surface area contributed by atoms with Crippen molar-refractivity contribution >= 4 is 29.2 Å². The van der Waals surface area contributed by atoms with Crippen LogP contribution in [0.15, 0.2) is 84.9 Å². The number of carbonyl (C=O) groups excluding carboxylic acids is 1. The van der Waals surface area contributed by atoms with E-state index in [1.807, 2.05) is 77.7 Å². The van der Waals surface area contributed by atoms with Crippen molar-refractivity contribution in [2.24, 2.45) is 0 Å². The van der Waals surface area contributed by atoms with E-state index >= 15 is 0 Å². The largest absolute Gasteiger partial charge is 0.511 e. The number of nitrogens with zero attached hydrogens (tertiary/aromatic N) is 5. The highest BCUT2D eigenvalue weighted by Gasteiger charge is 2.28. The Morgan fingerprint density at radius 1 is 0.891 bits per heavy atom. The monoisotopic (exact) mass is 619 g/mol. The number of para-hydroxylation sites is 1. The van der Waals surface area contributed by atoms with Gasteiger partial charge in [0.25, 0.3) is 0 Å². The van der Waals surface area contributed by atoms with Gasteiger partial charge in [-0.05, 0) is 59.9 Å². The maximum absolute atomic E-state index is 13.7. The minimum Gasteiger partial charge on any atom is -0.497 e. The number of imidazole rings is 1. The summed E-state index contributed by atoms with van der Waals surface area (Å²) in [6.45, 7) is 4.52. The Morgan fingerprint density at radius 2 is 1.63 bits per heavy atom. The molecule has 46 heavy (non-hydrogen) atoms. The fraction of sp³-hybridized carbons (Fsp3) is 0.278. The topological polar surface area (TPSA) is 110 Å². The summed E-state index contributed by atoms with van der Waals surface area (Å²) >= 11 is 0. The number of anilines is 1. The first kappa shape index (κ1) is 30.6. The fourth-order valence-corrected chi connectivity index (χ4v) is 5.83. The maximum Gasteiger partial charge on any atom is 0.511 e. The summed E-state index contributed by atoms with van der Waals surface area (Å²) in [7, 11) is 1.64. The van der Waals surface area contributed by atoms with Crippen LogP contribution >= 0.6 is 0 Å². The number of carboxylic acid groups (broad SMARTS) is 1. The number of aryl methyl sites for hydroxylation is 1. The zero-order valence-electron chi connectivity index (χ0n) is 26.1. The molecule has 0 spiro atoms. The fourth-order valence-electron chi connectivity index (χ4n) is 5.83. The molecular weight excluding hydrogens is 582 g/mol. The van der Waals surface area contributed by atoms with E-state index in [2.05, 4.69) is 11.5 Å². The number of hydrogen-bond acceptors (Lipinski definition) is 6. The smallest absolute Gasteiger partial charge is 0.497 e. The van der Waals surface area contributed by atoms with Gasteiger partial charge < -0.3 is 24.0 Å². The maximum atomic E-state index is 13.7. The van der Waals surface area contributed by atoms with Gasteiger partial charge in [-0.3, -0.25) is 4.90 Å². The number of carbonyl (C=O) groups is 2. The summed E-state index contributed by atoms with van der Waals surface area (Å²) in [5, 5.41) is 9.14. The number of aromatic nitrogens is 3. The predicted octanol–water partition coefficient (Wildman–Crippen LogP) is 7.39. The van der Waals surface area contributed by atoms with Crippen LogP contribution in [-0.4, -0.2) is 56.9 Å². The summed E-state index contributed by atoms with van der Waals surface area (Å²) in [5.41, 5.74) is 5.18. The second-order valence-corrected chi connectivity index (χ2v) is 11.3. The van der Waals surface area contributed by atoms with Gasteiger partial charge in [0.1, 0.15) is 28.7 Å². The molecule has 10 heteroatoms. The van der Waals surface area contributed by atoms with Crippen LogP contribution in [0, 0.1) is 0 Å². The van der Waals surface area contributed by atoms with Gasteiger partial charge in [-0.15, -0.1) is 0 Å². The Balaban J connectivity index is 1.27. The standard InChI is InChI=1S/C36H37N5O5/c1-3-4-10-32-37-30-19-20-33(40-22-7-21-39(35(40)42)23-25-13-17-28(45-2)18-14-25)38-34(30)41(32)24-26-11-15-27(16-12-26)29-8-5-6-9-31(29)46-36(43)44/h5-6,8-9,11-20H,3-4,7,10,21-24H2,1-2H3,(H,43,44). The SMILES string of the molecule is CCCCc1nc2ccc(N3CCCN(Cc4ccc(OC)cc4)C3=O)nc2n1Cc1ccc(-c2ccccc2OC(=O)O)cc1. The second kappa shape index (κ2) is 13.7. The number of amides is 2. The number of rotatable bonds is 11. The first-order valence-corrected chi connectivity index (χ1v) is 15.6. The minimum absolute atomic E-state index is 0.0612. The van der Waals surface area contributed by atoms with E-state index in [0.717, 1.165) is 65.1 Å². The molecule has 2 aromatic heterocycles. The lowest BCUT2D eigenvalue weighted by atomic mass is 10.0. The second-order valence-electron chi connectivity index (χ2n) is 11.3. The quantitative estimate of drug-likeness (QED) is 0.121. The van der Waals surface area contributed by atoms with Crippen LogP contribution < -0.4 is 14.4 Å². The lowest BCUT2D eigenvalue weighted by Crippen LogP contribution is -2.49. The molecule has 236 valence electrons. The predicted molar refractivity (Wildman–Crippen MR) is 177 cm³/mol. The van der Waals surface area contributed by atoms with Crippen LogP contribution in [-0.2, 0) is 19.5 Å². The Hall–Kier alpha value is -5.38. The lowest BCUT2D eigenvalue weighted by molar-refractivity contribution is 0.144. The van der Waals surface area contributed by atoms with Crippen molar-refractivity contribution in [3.63, 3.8) is 0 Å². The molecule has 6 rings (SSSR count). The van der Waals surface area contributed by atoms with Gasteiger partial charge in [0.15, 0.2) is 5.65 Å². The van der Waals surface area contributed by atoms with Crippen molar-refractivity contribution in [1.29, 1.82) is 0 Å². The average Bonchev–Trinajstić information content (AvgIpc) is 3.41. The van der Waals surface area contributed by atoms with Crippen molar-refractivity contribution < 1.29 is 24.2 Å². The number of ether oxygens (including phenoxy) is 2. The molecule has 0 radical (unpaired) electrons. The van der Waals surface area contributed by atoms with Gasteiger partial charge in [-0.25, -0.2) is 19.6 Å².